The third-order valence-electron chi connectivity index (χ3n) is 4.07. The van der Waals surface area contributed by atoms with Gasteiger partial charge >= 0.3 is 6.09 Å². The lowest BCUT2D eigenvalue weighted by Crippen LogP contribution is -2.37. The van der Waals surface area contributed by atoms with Crippen molar-refractivity contribution in [2.45, 2.75) is 26.4 Å². The Kier molecular flexibility index (Phi) is 3.89. The zero-order chi connectivity index (χ0) is 15.9. The van der Waals surface area contributed by atoms with E-state index in [-0.39, 0.29) is 6.09 Å². The molecule has 120 valence electrons. The van der Waals surface area contributed by atoms with Crippen molar-refractivity contribution in [3.8, 4) is 0 Å². The van der Waals surface area contributed by atoms with Gasteiger partial charge in [0.2, 0.25) is 0 Å². The SMILES string of the molecule is CC(C)(C)OC(=O)N1C[C@@H]2CN(c3cnc(Cl)cn3)C[C@H]2C1. The van der Waals surface area contributed by atoms with E-state index in [1.165, 1.54) is 0 Å². The average Bonchev–Trinajstić information content (AvgIpc) is 2.95. The molecule has 0 bridgehead atoms. The van der Waals surface area contributed by atoms with Gasteiger partial charge in [0.05, 0.1) is 12.4 Å². The van der Waals surface area contributed by atoms with Gasteiger partial charge in [-0.25, -0.2) is 14.8 Å². The highest BCUT2D eigenvalue weighted by molar-refractivity contribution is 6.29. The van der Waals surface area contributed by atoms with E-state index in [0.29, 0.717) is 17.0 Å². The summed E-state index contributed by atoms with van der Waals surface area (Å²) in [7, 11) is 0. The molecule has 1 amide bonds. The lowest BCUT2D eigenvalue weighted by molar-refractivity contribution is 0.0282. The van der Waals surface area contributed by atoms with E-state index in [4.69, 9.17) is 16.3 Å². The minimum atomic E-state index is -0.445. The second-order valence-electron chi connectivity index (χ2n) is 7.01. The van der Waals surface area contributed by atoms with E-state index in [9.17, 15) is 4.79 Å². The van der Waals surface area contributed by atoms with Gasteiger partial charge in [-0.1, -0.05) is 11.6 Å². The number of anilines is 1. The Morgan fingerprint density at radius 3 is 2.32 bits per heavy atom. The van der Waals surface area contributed by atoms with Crippen molar-refractivity contribution in [1.82, 2.24) is 14.9 Å². The molecule has 2 fully saturated rings. The first-order valence-electron chi connectivity index (χ1n) is 7.52. The van der Waals surface area contributed by atoms with Crippen LogP contribution in [0.3, 0.4) is 0 Å². The zero-order valence-electron chi connectivity index (χ0n) is 13.1. The molecule has 2 saturated heterocycles. The van der Waals surface area contributed by atoms with Crippen molar-refractivity contribution in [3.63, 3.8) is 0 Å². The lowest BCUT2D eigenvalue weighted by atomic mass is 10.0. The smallest absolute Gasteiger partial charge is 0.410 e. The van der Waals surface area contributed by atoms with Crippen molar-refractivity contribution >= 4 is 23.5 Å². The normalized spacial score (nSPS) is 24.5. The maximum atomic E-state index is 12.1. The van der Waals surface area contributed by atoms with Crippen LogP contribution in [0, 0.1) is 11.8 Å². The maximum absolute atomic E-state index is 12.1. The molecule has 3 rings (SSSR count). The summed E-state index contributed by atoms with van der Waals surface area (Å²) in [5.41, 5.74) is -0.445. The average molecular weight is 325 g/mol. The molecule has 0 unspecified atom stereocenters. The van der Waals surface area contributed by atoms with E-state index in [1.807, 2.05) is 25.7 Å². The van der Waals surface area contributed by atoms with Crippen LogP contribution in [0.5, 0.6) is 0 Å². The molecule has 2 aliphatic rings. The maximum Gasteiger partial charge on any atom is 0.410 e. The number of aromatic nitrogens is 2. The highest BCUT2D eigenvalue weighted by atomic mass is 35.5. The van der Waals surface area contributed by atoms with Crippen LogP contribution >= 0.6 is 11.6 Å². The van der Waals surface area contributed by atoms with Crippen LogP contribution in [0.1, 0.15) is 20.8 Å². The number of likely N-dealkylation sites (tertiary alicyclic amines) is 1. The predicted molar refractivity (Wildman–Crippen MR) is 84.0 cm³/mol. The molecule has 0 radical (unpaired) electrons. The number of amides is 1. The second-order valence-corrected chi connectivity index (χ2v) is 7.40. The summed E-state index contributed by atoms with van der Waals surface area (Å²) in [5, 5.41) is 0.402. The molecule has 22 heavy (non-hydrogen) atoms. The minimum Gasteiger partial charge on any atom is -0.444 e. The fourth-order valence-corrected chi connectivity index (χ4v) is 3.22. The zero-order valence-corrected chi connectivity index (χ0v) is 13.9. The topological polar surface area (TPSA) is 58.6 Å². The molecule has 1 aromatic rings. The van der Waals surface area contributed by atoms with Crippen LogP contribution in [0.4, 0.5) is 10.6 Å². The molecule has 2 aliphatic heterocycles. The third kappa shape index (κ3) is 3.27. The van der Waals surface area contributed by atoms with E-state index < -0.39 is 5.60 Å². The number of fused-ring (bicyclic) bond motifs is 1. The minimum absolute atomic E-state index is 0.209. The summed E-state index contributed by atoms with van der Waals surface area (Å²) in [6.45, 7) is 8.95. The molecule has 0 saturated carbocycles. The number of hydrogen-bond donors (Lipinski definition) is 0. The number of hydrogen-bond acceptors (Lipinski definition) is 5. The summed E-state index contributed by atoms with van der Waals surface area (Å²) in [4.78, 5) is 24.6. The Labute approximate surface area is 135 Å². The Balaban J connectivity index is 1.58. The summed E-state index contributed by atoms with van der Waals surface area (Å²) in [6, 6.07) is 0. The number of nitrogens with zero attached hydrogens (tertiary/aromatic N) is 4. The first-order chi connectivity index (χ1) is 10.3. The molecular weight excluding hydrogens is 304 g/mol. The second kappa shape index (κ2) is 5.57. The summed E-state index contributed by atoms with van der Waals surface area (Å²) < 4.78 is 5.45. The Morgan fingerprint density at radius 1 is 1.18 bits per heavy atom. The molecule has 0 N–H and O–H groups in total. The fraction of sp³-hybridized carbons (Fsp3) is 0.667. The monoisotopic (exact) mass is 324 g/mol. The van der Waals surface area contributed by atoms with Crippen LogP contribution in [-0.2, 0) is 4.74 Å². The van der Waals surface area contributed by atoms with Gasteiger partial charge in [-0.15, -0.1) is 0 Å². The van der Waals surface area contributed by atoms with Gasteiger partial charge in [-0.3, -0.25) is 0 Å². The highest BCUT2D eigenvalue weighted by Gasteiger charge is 2.43. The fourth-order valence-electron chi connectivity index (χ4n) is 3.12. The molecule has 7 heteroatoms. The van der Waals surface area contributed by atoms with Crippen LogP contribution in [0.15, 0.2) is 12.4 Å². The largest absolute Gasteiger partial charge is 0.444 e. The van der Waals surface area contributed by atoms with Crippen molar-refractivity contribution in [2.75, 3.05) is 31.1 Å². The van der Waals surface area contributed by atoms with Gasteiger partial charge in [0.1, 0.15) is 16.6 Å². The third-order valence-corrected chi connectivity index (χ3v) is 4.26. The number of halogens is 1. The van der Waals surface area contributed by atoms with Gasteiger partial charge in [-0.05, 0) is 20.8 Å². The first kappa shape index (κ1) is 15.3. The highest BCUT2D eigenvalue weighted by Crippen LogP contribution is 2.33. The van der Waals surface area contributed by atoms with Crippen molar-refractivity contribution in [2.24, 2.45) is 11.8 Å². The van der Waals surface area contributed by atoms with Crippen LogP contribution < -0.4 is 4.90 Å². The number of carbonyl (C=O) groups excluding carboxylic acids is 1. The standard InChI is InChI=1S/C15H21ClN4O2/c1-15(2,3)22-14(21)20-8-10-6-19(7-11(10)9-20)13-5-17-12(16)4-18-13/h4-5,10-11H,6-9H2,1-3H3/t10-,11-/m0/s1. The van der Waals surface area contributed by atoms with Crippen molar-refractivity contribution in [3.05, 3.63) is 17.5 Å². The predicted octanol–water partition coefficient (Wildman–Crippen LogP) is 2.43. The van der Waals surface area contributed by atoms with Crippen molar-refractivity contribution < 1.29 is 9.53 Å². The Hall–Kier alpha value is -1.56. The summed E-state index contributed by atoms with van der Waals surface area (Å²) in [6.07, 6.45) is 3.06. The first-order valence-corrected chi connectivity index (χ1v) is 7.90. The van der Waals surface area contributed by atoms with Crippen LogP contribution in [0.2, 0.25) is 5.15 Å². The molecule has 2 atom stereocenters. The lowest BCUT2D eigenvalue weighted by Gasteiger charge is -2.26. The number of carbonyl (C=O) groups is 1. The summed E-state index contributed by atoms with van der Waals surface area (Å²) in [5.74, 6) is 1.78. The molecule has 1 aromatic heterocycles. The van der Waals surface area contributed by atoms with Crippen molar-refractivity contribution in [1.29, 1.82) is 0 Å². The molecule has 0 spiro atoms. The van der Waals surface area contributed by atoms with E-state index in [0.717, 1.165) is 32.0 Å². The van der Waals surface area contributed by atoms with E-state index in [1.54, 1.807) is 12.4 Å². The molecule has 0 aromatic carbocycles. The quantitative estimate of drug-likeness (QED) is 0.794. The van der Waals surface area contributed by atoms with Gasteiger partial charge < -0.3 is 14.5 Å². The number of ether oxygens (including phenoxy) is 1. The van der Waals surface area contributed by atoms with E-state index >= 15 is 0 Å². The van der Waals surface area contributed by atoms with E-state index in [2.05, 4.69) is 14.9 Å². The Bertz CT molecular complexity index is 544. The Morgan fingerprint density at radius 2 is 1.82 bits per heavy atom. The van der Waals surface area contributed by atoms with Gasteiger partial charge in [0.25, 0.3) is 0 Å². The van der Waals surface area contributed by atoms with Gasteiger partial charge in [0.15, 0.2) is 0 Å². The van der Waals surface area contributed by atoms with Gasteiger partial charge in [-0.2, -0.15) is 0 Å². The molecule has 3 heterocycles. The molecule has 0 aliphatic carbocycles. The van der Waals surface area contributed by atoms with Gasteiger partial charge in [0, 0.05) is 38.0 Å². The van der Waals surface area contributed by atoms with Crippen LogP contribution in [-0.4, -0.2) is 52.7 Å². The molecule has 6 nitrogen and oxygen atoms in total. The number of rotatable bonds is 1. The molecular formula is C15H21ClN4O2. The summed E-state index contributed by atoms with van der Waals surface area (Å²) >= 11 is 5.77. The van der Waals surface area contributed by atoms with Crippen LogP contribution in [0.25, 0.3) is 0 Å².